The highest BCUT2D eigenvalue weighted by Gasteiger charge is 2.54. The van der Waals surface area contributed by atoms with E-state index in [1.807, 2.05) is 0 Å². The first-order valence-electron chi connectivity index (χ1n) is 8.13. The molecule has 2 aliphatic heterocycles. The molecule has 1 heteroatoms. The summed E-state index contributed by atoms with van der Waals surface area (Å²) < 4.78 is 0. The van der Waals surface area contributed by atoms with Gasteiger partial charge in [0.15, 0.2) is 0 Å². The Hall–Kier alpha value is -1.24. The predicted octanol–water partition coefficient (Wildman–Crippen LogP) is 5.34. The number of anilines is 1. The highest BCUT2D eigenvalue weighted by molar-refractivity contribution is 5.80. The van der Waals surface area contributed by atoms with Crippen LogP contribution in [0.25, 0.3) is 0 Å². The van der Waals surface area contributed by atoms with Crippen molar-refractivity contribution in [2.75, 3.05) is 4.90 Å². The van der Waals surface area contributed by atoms with E-state index in [0.717, 1.165) is 6.42 Å². The van der Waals surface area contributed by atoms with Crippen LogP contribution in [0.1, 0.15) is 69.4 Å². The van der Waals surface area contributed by atoms with Crippen LogP contribution in [0.2, 0.25) is 0 Å². The molecule has 0 radical (unpaired) electrons. The van der Waals surface area contributed by atoms with Crippen molar-refractivity contribution in [2.24, 2.45) is 0 Å². The largest absolute Gasteiger partial charge is 0.339 e. The standard InChI is InChI=1S/C20H29N/c1-11-10-16-13(3)12(2)14(4)17-18(16)21(15(11)5)20(8,9)19(17,6)7/h10H2,1-9H3. The van der Waals surface area contributed by atoms with E-state index in [4.69, 9.17) is 0 Å². The van der Waals surface area contributed by atoms with Crippen LogP contribution in [0.15, 0.2) is 11.3 Å². The third-order valence-electron chi connectivity index (χ3n) is 6.81. The van der Waals surface area contributed by atoms with E-state index in [1.165, 1.54) is 33.6 Å². The molecule has 0 spiro atoms. The van der Waals surface area contributed by atoms with Gasteiger partial charge in [-0.2, -0.15) is 0 Å². The van der Waals surface area contributed by atoms with Crippen LogP contribution in [-0.4, -0.2) is 5.54 Å². The van der Waals surface area contributed by atoms with Crippen LogP contribution in [0.5, 0.6) is 0 Å². The second-order valence-corrected chi connectivity index (χ2v) is 8.14. The Morgan fingerprint density at radius 3 is 1.95 bits per heavy atom. The molecule has 1 aromatic carbocycles. The van der Waals surface area contributed by atoms with Gasteiger partial charge in [-0.3, -0.25) is 0 Å². The first kappa shape index (κ1) is 14.7. The van der Waals surface area contributed by atoms with Crippen LogP contribution in [0, 0.1) is 20.8 Å². The summed E-state index contributed by atoms with van der Waals surface area (Å²) in [5, 5.41) is 0. The highest BCUT2D eigenvalue weighted by atomic mass is 15.3. The van der Waals surface area contributed by atoms with Crippen molar-refractivity contribution in [3.05, 3.63) is 39.1 Å². The van der Waals surface area contributed by atoms with Crippen molar-refractivity contribution < 1.29 is 0 Å². The molecule has 2 heterocycles. The number of rotatable bonds is 0. The monoisotopic (exact) mass is 283 g/mol. The van der Waals surface area contributed by atoms with Crippen molar-refractivity contribution in [2.45, 2.75) is 79.7 Å². The minimum Gasteiger partial charge on any atom is -0.339 e. The number of nitrogens with zero attached hydrogens (tertiary/aromatic N) is 1. The Bertz CT molecular complexity index is 687. The molecule has 0 saturated heterocycles. The zero-order valence-electron chi connectivity index (χ0n) is 15.2. The number of hydrogen-bond acceptors (Lipinski definition) is 1. The van der Waals surface area contributed by atoms with Gasteiger partial charge in [0, 0.05) is 22.3 Å². The maximum Gasteiger partial charge on any atom is 0.0493 e. The van der Waals surface area contributed by atoms with Gasteiger partial charge in [0.1, 0.15) is 0 Å². The van der Waals surface area contributed by atoms with Crippen molar-refractivity contribution in [3.63, 3.8) is 0 Å². The van der Waals surface area contributed by atoms with E-state index in [2.05, 4.69) is 67.2 Å². The third kappa shape index (κ3) is 1.48. The van der Waals surface area contributed by atoms with Crippen LogP contribution in [0.4, 0.5) is 5.69 Å². The smallest absolute Gasteiger partial charge is 0.0493 e. The van der Waals surface area contributed by atoms with E-state index in [-0.39, 0.29) is 11.0 Å². The molecule has 0 bridgehead atoms. The zero-order valence-corrected chi connectivity index (χ0v) is 15.2. The van der Waals surface area contributed by atoms with Crippen LogP contribution >= 0.6 is 0 Å². The molecule has 0 saturated carbocycles. The normalized spacial score (nSPS) is 21.9. The van der Waals surface area contributed by atoms with Gasteiger partial charge < -0.3 is 4.90 Å². The van der Waals surface area contributed by atoms with E-state index < -0.39 is 0 Å². The molecule has 0 aromatic heterocycles. The Morgan fingerprint density at radius 1 is 0.810 bits per heavy atom. The topological polar surface area (TPSA) is 3.24 Å². The molecule has 0 atom stereocenters. The number of benzene rings is 1. The fraction of sp³-hybridized carbons (Fsp3) is 0.600. The van der Waals surface area contributed by atoms with E-state index in [0.29, 0.717) is 0 Å². The summed E-state index contributed by atoms with van der Waals surface area (Å²) in [6.45, 7) is 21.2. The maximum absolute atomic E-state index is 2.63. The van der Waals surface area contributed by atoms with Crippen molar-refractivity contribution in [3.8, 4) is 0 Å². The third-order valence-corrected chi connectivity index (χ3v) is 6.81. The summed E-state index contributed by atoms with van der Waals surface area (Å²) in [7, 11) is 0. The Morgan fingerprint density at radius 2 is 1.38 bits per heavy atom. The zero-order chi connectivity index (χ0) is 15.9. The minimum absolute atomic E-state index is 0.112. The van der Waals surface area contributed by atoms with Crippen LogP contribution in [-0.2, 0) is 11.8 Å². The molecule has 21 heavy (non-hydrogen) atoms. The molecule has 2 aliphatic rings. The molecule has 3 rings (SSSR count). The summed E-state index contributed by atoms with van der Waals surface area (Å²) in [6.07, 6.45) is 1.11. The van der Waals surface area contributed by atoms with E-state index in [9.17, 15) is 0 Å². The average Bonchev–Trinajstić information content (AvgIpc) is 2.54. The van der Waals surface area contributed by atoms with Gasteiger partial charge in [-0.15, -0.1) is 0 Å². The van der Waals surface area contributed by atoms with Crippen LogP contribution < -0.4 is 4.90 Å². The minimum atomic E-state index is 0.112. The molecule has 114 valence electrons. The highest BCUT2D eigenvalue weighted by Crippen LogP contribution is 2.58. The lowest BCUT2D eigenvalue weighted by atomic mass is 9.70. The van der Waals surface area contributed by atoms with Crippen molar-refractivity contribution >= 4 is 5.69 Å². The van der Waals surface area contributed by atoms with Crippen molar-refractivity contribution in [1.29, 1.82) is 0 Å². The summed E-state index contributed by atoms with van der Waals surface area (Å²) in [4.78, 5) is 2.63. The molecular weight excluding hydrogens is 254 g/mol. The Kier molecular flexibility index (Phi) is 2.75. The summed E-state index contributed by atoms with van der Waals surface area (Å²) in [5.41, 5.74) is 12.4. The quantitative estimate of drug-likeness (QED) is 0.621. The lowest BCUT2D eigenvalue weighted by Gasteiger charge is -2.45. The Balaban J connectivity index is 2.50. The molecule has 0 aliphatic carbocycles. The van der Waals surface area contributed by atoms with Crippen LogP contribution in [0.3, 0.4) is 0 Å². The SMILES string of the molecule is CC1=C(C)N2c3c(c(C)c(C)c(C)c3C(C)(C)C2(C)C)C1. The molecule has 1 nitrogen and oxygen atoms in total. The van der Waals surface area contributed by atoms with Gasteiger partial charge in [-0.25, -0.2) is 0 Å². The average molecular weight is 283 g/mol. The van der Waals surface area contributed by atoms with E-state index in [1.54, 1.807) is 11.1 Å². The summed E-state index contributed by atoms with van der Waals surface area (Å²) >= 11 is 0. The first-order chi connectivity index (χ1) is 9.53. The van der Waals surface area contributed by atoms with Gasteiger partial charge in [0.05, 0.1) is 0 Å². The second kappa shape index (κ2) is 3.94. The predicted molar refractivity (Wildman–Crippen MR) is 92.3 cm³/mol. The van der Waals surface area contributed by atoms with Gasteiger partial charge in [0.25, 0.3) is 0 Å². The molecule has 0 fully saturated rings. The lowest BCUT2D eigenvalue weighted by molar-refractivity contribution is 0.322. The lowest BCUT2D eigenvalue weighted by Crippen LogP contribution is -2.51. The summed E-state index contributed by atoms with van der Waals surface area (Å²) in [5.74, 6) is 0. The van der Waals surface area contributed by atoms with Gasteiger partial charge in [-0.1, -0.05) is 13.8 Å². The fourth-order valence-electron chi connectivity index (χ4n) is 4.46. The fourth-order valence-corrected chi connectivity index (χ4v) is 4.46. The van der Waals surface area contributed by atoms with Gasteiger partial charge >= 0.3 is 0 Å². The van der Waals surface area contributed by atoms with Crippen molar-refractivity contribution in [1.82, 2.24) is 0 Å². The molecule has 0 unspecified atom stereocenters. The molecule has 1 aromatic rings. The molecular formula is C20H29N. The van der Waals surface area contributed by atoms with Gasteiger partial charge in [0.2, 0.25) is 0 Å². The first-order valence-corrected chi connectivity index (χ1v) is 8.13. The molecule has 0 amide bonds. The Labute approximate surface area is 130 Å². The molecule has 0 N–H and O–H groups in total. The van der Waals surface area contributed by atoms with Gasteiger partial charge in [-0.05, 0) is 88.3 Å². The number of allylic oxidation sites excluding steroid dienone is 2. The maximum atomic E-state index is 2.63. The second-order valence-electron chi connectivity index (χ2n) is 8.14. The number of hydrogen-bond donors (Lipinski definition) is 0. The van der Waals surface area contributed by atoms with E-state index >= 15 is 0 Å². The summed E-state index contributed by atoms with van der Waals surface area (Å²) in [6, 6.07) is 0.